The second kappa shape index (κ2) is 3.70. The SMILES string of the molecule is CN1CCCC2=C1CCC(CO)C2. The first kappa shape index (κ1) is 9.07. The molecular formula is C11H19NO. The molecule has 0 aromatic rings. The Morgan fingerprint density at radius 1 is 1.46 bits per heavy atom. The van der Waals surface area contributed by atoms with Crippen molar-refractivity contribution < 1.29 is 5.11 Å². The van der Waals surface area contributed by atoms with E-state index in [1.54, 1.807) is 11.3 Å². The van der Waals surface area contributed by atoms with Gasteiger partial charge in [-0.05, 0) is 38.0 Å². The van der Waals surface area contributed by atoms with Crippen LogP contribution in [0, 0.1) is 5.92 Å². The fraction of sp³-hybridized carbons (Fsp3) is 0.818. The van der Waals surface area contributed by atoms with Crippen LogP contribution < -0.4 is 0 Å². The maximum absolute atomic E-state index is 9.11. The second-order valence-electron chi connectivity index (χ2n) is 4.37. The Hall–Kier alpha value is -0.500. The summed E-state index contributed by atoms with van der Waals surface area (Å²) < 4.78 is 0. The number of aliphatic hydroxyl groups is 1. The minimum atomic E-state index is 0.375. The molecule has 0 aromatic heterocycles. The maximum atomic E-state index is 9.11. The van der Waals surface area contributed by atoms with Gasteiger partial charge in [0, 0.05) is 25.9 Å². The largest absolute Gasteiger partial charge is 0.396 e. The lowest BCUT2D eigenvalue weighted by atomic mass is 9.83. The van der Waals surface area contributed by atoms with Gasteiger partial charge in [-0.2, -0.15) is 0 Å². The Morgan fingerprint density at radius 3 is 3.08 bits per heavy atom. The molecule has 2 rings (SSSR count). The van der Waals surface area contributed by atoms with Gasteiger partial charge in [-0.1, -0.05) is 5.57 Å². The van der Waals surface area contributed by atoms with Crippen LogP contribution in [0.3, 0.4) is 0 Å². The molecule has 0 bridgehead atoms. The van der Waals surface area contributed by atoms with Crippen molar-refractivity contribution >= 4 is 0 Å². The molecule has 1 aliphatic carbocycles. The molecule has 2 aliphatic rings. The van der Waals surface area contributed by atoms with Gasteiger partial charge in [0.1, 0.15) is 0 Å². The van der Waals surface area contributed by atoms with Crippen molar-refractivity contribution in [3.8, 4) is 0 Å². The third kappa shape index (κ3) is 1.73. The van der Waals surface area contributed by atoms with Gasteiger partial charge in [0.15, 0.2) is 0 Å². The molecule has 0 aromatic carbocycles. The quantitative estimate of drug-likeness (QED) is 0.666. The summed E-state index contributed by atoms with van der Waals surface area (Å²) in [6, 6.07) is 0. The van der Waals surface area contributed by atoms with Crippen molar-refractivity contribution in [2.24, 2.45) is 5.92 Å². The average molecular weight is 181 g/mol. The molecule has 0 saturated carbocycles. The summed E-state index contributed by atoms with van der Waals surface area (Å²) in [5.41, 5.74) is 3.20. The van der Waals surface area contributed by atoms with E-state index in [1.807, 2.05) is 0 Å². The molecule has 74 valence electrons. The fourth-order valence-electron chi connectivity index (χ4n) is 2.61. The van der Waals surface area contributed by atoms with Gasteiger partial charge >= 0.3 is 0 Å². The molecule has 0 spiro atoms. The molecule has 1 aliphatic heterocycles. The predicted octanol–water partition coefficient (Wildman–Crippen LogP) is 1.76. The lowest BCUT2D eigenvalue weighted by Gasteiger charge is -2.36. The van der Waals surface area contributed by atoms with Crippen LogP contribution in [-0.4, -0.2) is 30.2 Å². The van der Waals surface area contributed by atoms with Crippen molar-refractivity contribution in [1.29, 1.82) is 0 Å². The molecule has 2 heteroatoms. The number of nitrogens with zero attached hydrogens (tertiary/aromatic N) is 1. The van der Waals surface area contributed by atoms with Crippen LogP contribution in [0.25, 0.3) is 0 Å². The first-order valence-electron chi connectivity index (χ1n) is 5.34. The van der Waals surface area contributed by atoms with Crippen molar-refractivity contribution in [2.75, 3.05) is 20.2 Å². The van der Waals surface area contributed by atoms with Crippen molar-refractivity contribution in [3.05, 3.63) is 11.3 Å². The van der Waals surface area contributed by atoms with E-state index in [0.717, 1.165) is 6.42 Å². The van der Waals surface area contributed by atoms with E-state index < -0.39 is 0 Å². The van der Waals surface area contributed by atoms with Gasteiger partial charge in [0.05, 0.1) is 0 Å². The fourth-order valence-corrected chi connectivity index (χ4v) is 2.61. The summed E-state index contributed by atoms with van der Waals surface area (Å²) in [7, 11) is 2.20. The molecule has 2 nitrogen and oxygen atoms in total. The molecule has 1 unspecified atom stereocenters. The Morgan fingerprint density at radius 2 is 2.31 bits per heavy atom. The smallest absolute Gasteiger partial charge is 0.0462 e. The zero-order valence-corrected chi connectivity index (χ0v) is 8.42. The Balaban J connectivity index is 2.12. The molecule has 1 heterocycles. The molecule has 0 fully saturated rings. The van der Waals surface area contributed by atoms with Crippen LogP contribution >= 0.6 is 0 Å². The average Bonchev–Trinajstić information content (AvgIpc) is 2.18. The van der Waals surface area contributed by atoms with E-state index in [9.17, 15) is 0 Å². The Bertz CT molecular complexity index is 222. The topological polar surface area (TPSA) is 23.5 Å². The van der Waals surface area contributed by atoms with Crippen LogP contribution in [0.2, 0.25) is 0 Å². The standard InChI is InChI=1S/C11H19NO/c1-12-6-2-3-10-7-9(8-13)4-5-11(10)12/h9,13H,2-8H2,1H3. The van der Waals surface area contributed by atoms with Crippen LogP contribution in [0.1, 0.15) is 32.1 Å². The molecule has 1 atom stereocenters. The third-order valence-electron chi connectivity index (χ3n) is 3.42. The summed E-state index contributed by atoms with van der Waals surface area (Å²) >= 11 is 0. The molecule has 13 heavy (non-hydrogen) atoms. The highest BCUT2D eigenvalue weighted by atomic mass is 16.3. The molecule has 1 N–H and O–H groups in total. The number of aliphatic hydroxyl groups excluding tert-OH is 1. The number of hydrogen-bond donors (Lipinski definition) is 1. The van der Waals surface area contributed by atoms with E-state index in [4.69, 9.17) is 5.11 Å². The number of hydrogen-bond acceptors (Lipinski definition) is 2. The summed E-state index contributed by atoms with van der Waals surface area (Å²) in [5.74, 6) is 0.547. The zero-order valence-electron chi connectivity index (χ0n) is 8.42. The highest BCUT2D eigenvalue weighted by Crippen LogP contribution is 2.35. The van der Waals surface area contributed by atoms with Crippen LogP contribution in [0.5, 0.6) is 0 Å². The highest BCUT2D eigenvalue weighted by Gasteiger charge is 2.24. The van der Waals surface area contributed by atoms with Crippen LogP contribution in [0.15, 0.2) is 11.3 Å². The first-order chi connectivity index (χ1) is 6.31. The minimum Gasteiger partial charge on any atom is -0.396 e. The van der Waals surface area contributed by atoms with Gasteiger partial charge in [-0.25, -0.2) is 0 Å². The molecule has 0 amide bonds. The van der Waals surface area contributed by atoms with Crippen molar-refractivity contribution in [2.45, 2.75) is 32.1 Å². The van der Waals surface area contributed by atoms with Gasteiger partial charge in [-0.3, -0.25) is 0 Å². The number of rotatable bonds is 1. The summed E-state index contributed by atoms with van der Waals surface area (Å²) in [4.78, 5) is 2.41. The van der Waals surface area contributed by atoms with E-state index in [0.29, 0.717) is 12.5 Å². The Labute approximate surface area is 80.2 Å². The monoisotopic (exact) mass is 181 g/mol. The summed E-state index contributed by atoms with van der Waals surface area (Å²) in [6.07, 6.45) is 6.09. The van der Waals surface area contributed by atoms with Crippen LogP contribution in [0.4, 0.5) is 0 Å². The highest BCUT2D eigenvalue weighted by molar-refractivity contribution is 5.19. The van der Waals surface area contributed by atoms with E-state index >= 15 is 0 Å². The minimum absolute atomic E-state index is 0.375. The van der Waals surface area contributed by atoms with E-state index in [-0.39, 0.29) is 0 Å². The van der Waals surface area contributed by atoms with Gasteiger partial charge in [0.2, 0.25) is 0 Å². The van der Waals surface area contributed by atoms with Crippen LogP contribution in [-0.2, 0) is 0 Å². The van der Waals surface area contributed by atoms with Gasteiger partial charge < -0.3 is 10.0 Å². The second-order valence-corrected chi connectivity index (χ2v) is 4.37. The molecular weight excluding hydrogens is 162 g/mol. The molecule has 0 radical (unpaired) electrons. The normalized spacial score (nSPS) is 29.1. The lowest BCUT2D eigenvalue weighted by Crippen LogP contribution is -2.29. The summed E-state index contributed by atoms with van der Waals surface area (Å²) in [6.45, 7) is 1.60. The number of allylic oxidation sites excluding steroid dienone is 2. The van der Waals surface area contributed by atoms with Crippen molar-refractivity contribution in [1.82, 2.24) is 4.90 Å². The Kier molecular flexibility index (Phi) is 2.58. The van der Waals surface area contributed by atoms with E-state index in [2.05, 4.69) is 11.9 Å². The first-order valence-corrected chi connectivity index (χ1v) is 5.34. The molecule has 0 saturated heterocycles. The van der Waals surface area contributed by atoms with Gasteiger partial charge in [-0.15, -0.1) is 0 Å². The van der Waals surface area contributed by atoms with Gasteiger partial charge in [0.25, 0.3) is 0 Å². The maximum Gasteiger partial charge on any atom is 0.0462 e. The van der Waals surface area contributed by atoms with E-state index in [1.165, 1.54) is 32.2 Å². The summed E-state index contributed by atoms with van der Waals surface area (Å²) in [5, 5.41) is 9.11. The third-order valence-corrected chi connectivity index (χ3v) is 3.42. The zero-order chi connectivity index (χ0) is 9.26. The predicted molar refractivity (Wildman–Crippen MR) is 53.3 cm³/mol. The lowest BCUT2D eigenvalue weighted by molar-refractivity contribution is 0.199. The van der Waals surface area contributed by atoms with Crippen molar-refractivity contribution in [3.63, 3.8) is 0 Å².